The summed E-state index contributed by atoms with van der Waals surface area (Å²) in [5.41, 5.74) is 2.21. The van der Waals surface area contributed by atoms with Gasteiger partial charge in [0.25, 0.3) is 11.6 Å². The van der Waals surface area contributed by atoms with Crippen LogP contribution in [-0.4, -0.2) is 73.3 Å². The Morgan fingerprint density at radius 1 is 1.00 bits per heavy atom. The van der Waals surface area contributed by atoms with Crippen molar-refractivity contribution in [2.45, 2.75) is 0 Å². The number of nitro groups is 1. The van der Waals surface area contributed by atoms with E-state index in [1.165, 1.54) is 0 Å². The molecular formula is C22H24BrN5O4S. The Morgan fingerprint density at radius 2 is 1.67 bits per heavy atom. The number of amides is 1. The number of ether oxygens (including phenoxy) is 1. The maximum absolute atomic E-state index is 12.5. The summed E-state index contributed by atoms with van der Waals surface area (Å²) in [4.78, 5) is 29.8. The maximum Gasteiger partial charge on any atom is 0.292 e. The van der Waals surface area contributed by atoms with Crippen molar-refractivity contribution in [3.63, 3.8) is 0 Å². The summed E-state index contributed by atoms with van der Waals surface area (Å²) in [7, 11) is 0. The average Bonchev–Trinajstić information content (AvgIpc) is 2.84. The molecule has 1 amide bonds. The highest BCUT2D eigenvalue weighted by molar-refractivity contribution is 9.10. The van der Waals surface area contributed by atoms with Crippen LogP contribution in [0, 0.1) is 10.1 Å². The molecule has 2 aromatic carbocycles. The smallest absolute Gasteiger partial charge is 0.292 e. The van der Waals surface area contributed by atoms with E-state index < -0.39 is 0 Å². The first-order valence-electron chi connectivity index (χ1n) is 10.6. The van der Waals surface area contributed by atoms with Gasteiger partial charge in [-0.1, -0.05) is 15.9 Å². The zero-order valence-electron chi connectivity index (χ0n) is 17.9. The molecule has 33 heavy (non-hydrogen) atoms. The number of morpholine rings is 1. The molecule has 1 N–H and O–H groups in total. The molecule has 0 radical (unpaired) electrons. The Labute approximate surface area is 205 Å². The van der Waals surface area contributed by atoms with E-state index in [1.54, 1.807) is 24.3 Å². The van der Waals surface area contributed by atoms with Crippen LogP contribution in [0.1, 0.15) is 10.4 Å². The highest BCUT2D eigenvalue weighted by Gasteiger charge is 2.25. The molecule has 2 heterocycles. The molecule has 9 nitrogen and oxygen atoms in total. The van der Waals surface area contributed by atoms with E-state index >= 15 is 0 Å². The molecule has 0 aromatic heterocycles. The van der Waals surface area contributed by atoms with Gasteiger partial charge >= 0.3 is 0 Å². The van der Waals surface area contributed by atoms with Crippen LogP contribution in [0.4, 0.5) is 17.1 Å². The van der Waals surface area contributed by atoms with Crippen molar-refractivity contribution in [2.24, 2.45) is 0 Å². The molecule has 2 fully saturated rings. The molecule has 0 saturated carbocycles. The first-order valence-corrected chi connectivity index (χ1v) is 11.8. The van der Waals surface area contributed by atoms with Gasteiger partial charge in [-0.2, -0.15) is 0 Å². The van der Waals surface area contributed by atoms with Crippen molar-refractivity contribution >= 4 is 56.2 Å². The van der Waals surface area contributed by atoms with Gasteiger partial charge in [0.2, 0.25) is 0 Å². The number of carbonyl (C=O) groups is 1. The fraction of sp³-hybridized carbons (Fsp3) is 0.364. The minimum atomic E-state index is -0.334. The lowest BCUT2D eigenvalue weighted by atomic mass is 10.1. The minimum Gasteiger partial charge on any atom is -0.378 e. The van der Waals surface area contributed by atoms with Gasteiger partial charge in [0.15, 0.2) is 5.11 Å². The quantitative estimate of drug-likeness (QED) is 0.364. The van der Waals surface area contributed by atoms with E-state index in [1.807, 2.05) is 28.0 Å². The van der Waals surface area contributed by atoms with E-state index in [0.717, 1.165) is 10.2 Å². The Hall–Kier alpha value is -2.76. The number of rotatable bonds is 4. The maximum atomic E-state index is 12.5. The molecule has 174 valence electrons. The second-order valence-corrected chi connectivity index (χ2v) is 9.07. The second-order valence-electron chi connectivity index (χ2n) is 7.77. The summed E-state index contributed by atoms with van der Waals surface area (Å²) in [6.45, 7) is 5.04. The number of nitrogens with zero attached hydrogens (tertiary/aromatic N) is 4. The monoisotopic (exact) mass is 533 g/mol. The number of anilines is 2. The first-order chi connectivity index (χ1) is 15.9. The molecule has 2 aliphatic heterocycles. The molecule has 0 aliphatic carbocycles. The molecule has 2 saturated heterocycles. The summed E-state index contributed by atoms with van der Waals surface area (Å²) in [5, 5.41) is 14.8. The lowest BCUT2D eigenvalue weighted by molar-refractivity contribution is -0.384. The third-order valence-electron chi connectivity index (χ3n) is 5.77. The van der Waals surface area contributed by atoms with Crippen LogP contribution >= 0.6 is 28.1 Å². The van der Waals surface area contributed by atoms with E-state index in [-0.39, 0.29) is 16.5 Å². The number of hydrogen-bond acceptors (Lipinski definition) is 7. The highest BCUT2D eigenvalue weighted by Crippen LogP contribution is 2.33. The third-order valence-corrected chi connectivity index (χ3v) is 6.66. The average molecular weight is 534 g/mol. The van der Waals surface area contributed by atoms with Crippen molar-refractivity contribution in [3.05, 3.63) is 62.6 Å². The fourth-order valence-corrected chi connectivity index (χ4v) is 4.48. The lowest BCUT2D eigenvalue weighted by Crippen LogP contribution is -2.52. The number of nitrogens with one attached hydrogen (secondary N) is 1. The van der Waals surface area contributed by atoms with Crippen LogP contribution in [0.2, 0.25) is 0 Å². The van der Waals surface area contributed by atoms with Crippen molar-refractivity contribution in [1.29, 1.82) is 0 Å². The van der Waals surface area contributed by atoms with E-state index in [2.05, 4.69) is 26.1 Å². The molecule has 4 rings (SSSR count). The number of piperazine rings is 1. The van der Waals surface area contributed by atoms with Crippen LogP contribution in [0.5, 0.6) is 0 Å². The SMILES string of the molecule is O=C(NC(=S)N1CCN(c2ccc([N+](=O)[O-])c(N3CCOCC3)c2)CC1)c1ccc(Br)cc1. The zero-order chi connectivity index (χ0) is 23.4. The van der Waals surface area contributed by atoms with Gasteiger partial charge in [-0.15, -0.1) is 0 Å². The lowest BCUT2D eigenvalue weighted by Gasteiger charge is -2.37. The largest absolute Gasteiger partial charge is 0.378 e. The Balaban J connectivity index is 1.39. The van der Waals surface area contributed by atoms with Gasteiger partial charge in [-0.3, -0.25) is 20.2 Å². The molecule has 0 spiro atoms. The van der Waals surface area contributed by atoms with Crippen LogP contribution in [-0.2, 0) is 4.74 Å². The van der Waals surface area contributed by atoms with Gasteiger partial charge < -0.3 is 19.4 Å². The first kappa shape index (κ1) is 23.4. The van der Waals surface area contributed by atoms with Crippen molar-refractivity contribution in [3.8, 4) is 0 Å². The second kappa shape index (κ2) is 10.4. The Bertz CT molecular complexity index is 1040. The third kappa shape index (κ3) is 5.60. The van der Waals surface area contributed by atoms with Gasteiger partial charge in [0.05, 0.1) is 18.1 Å². The molecular weight excluding hydrogens is 510 g/mol. The summed E-state index contributed by atoms with van der Waals surface area (Å²) >= 11 is 8.81. The Morgan fingerprint density at radius 3 is 2.30 bits per heavy atom. The van der Waals surface area contributed by atoms with Gasteiger partial charge in [0, 0.05) is 61.1 Å². The standard InChI is InChI=1S/C22H24BrN5O4S/c23-17-3-1-16(2-4-17)21(29)24-22(33)27-9-7-25(8-10-27)18-5-6-19(28(30)31)20(15-18)26-11-13-32-14-12-26/h1-6,15H,7-14H2,(H,24,29,33). The fourth-order valence-electron chi connectivity index (χ4n) is 3.94. The topological polar surface area (TPSA) is 91.2 Å². The highest BCUT2D eigenvalue weighted by atomic mass is 79.9. The number of thiocarbonyl (C=S) groups is 1. The summed E-state index contributed by atoms with van der Waals surface area (Å²) in [6, 6.07) is 12.4. The number of halogens is 1. The van der Waals surface area contributed by atoms with Crippen molar-refractivity contribution in [2.75, 3.05) is 62.3 Å². The number of carbonyl (C=O) groups excluding carboxylic acids is 1. The number of nitro benzene ring substituents is 1. The van der Waals surface area contributed by atoms with Crippen molar-refractivity contribution < 1.29 is 14.5 Å². The predicted octanol–water partition coefficient (Wildman–Crippen LogP) is 3.03. The van der Waals surface area contributed by atoms with E-state index in [9.17, 15) is 14.9 Å². The molecule has 0 unspecified atom stereocenters. The molecule has 0 bridgehead atoms. The van der Waals surface area contributed by atoms with Crippen LogP contribution in [0.3, 0.4) is 0 Å². The van der Waals surface area contributed by atoms with E-state index in [4.69, 9.17) is 17.0 Å². The number of hydrogen-bond donors (Lipinski definition) is 1. The van der Waals surface area contributed by atoms with Crippen LogP contribution < -0.4 is 15.1 Å². The molecule has 0 atom stereocenters. The normalized spacial score (nSPS) is 16.5. The molecule has 11 heteroatoms. The summed E-state index contributed by atoms with van der Waals surface area (Å²) < 4.78 is 6.29. The minimum absolute atomic E-state index is 0.108. The van der Waals surface area contributed by atoms with Crippen LogP contribution in [0.15, 0.2) is 46.9 Å². The Kier molecular flexibility index (Phi) is 7.41. The van der Waals surface area contributed by atoms with Gasteiger partial charge in [-0.25, -0.2) is 0 Å². The van der Waals surface area contributed by atoms with Crippen molar-refractivity contribution in [1.82, 2.24) is 10.2 Å². The van der Waals surface area contributed by atoms with Gasteiger partial charge in [-0.05, 0) is 48.6 Å². The van der Waals surface area contributed by atoms with Gasteiger partial charge in [0.1, 0.15) is 5.69 Å². The summed E-state index contributed by atoms with van der Waals surface area (Å²) in [5.74, 6) is -0.236. The predicted molar refractivity (Wildman–Crippen MR) is 134 cm³/mol. The van der Waals surface area contributed by atoms with Crippen LogP contribution in [0.25, 0.3) is 0 Å². The number of benzene rings is 2. The summed E-state index contributed by atoms with van der Waals surface area (Å²) in [6.07, 6.45) is 0. The van der Waals surface area contributed by atoms with E-state index in [0.29, 0.717) is 68.8 Å². The zero-order valence-corrected chi connectivity index (χ0v) is 20.3. The molecule has 2 aromatic rings. The molecule has 2 aliphatic rings.